The Morgan fingerprint density at radius 1 is 1.19 bits per heavy atom. The van der Waals surface area contributed by atoms with E-state index in [0.717, 1.165) is 17.7 Å². The zero-order valence-electron chi connectivity index (χ0n) is 11.6. The van der Waals surface area contributed by atoms with Crippen LogP contribution >= 0.6 is 0 Å². The van der Waals surface area contributed by atoms with Gasteiger partial charge in [0.05, 0.1) is 12.7 Å². The first-order valence-corrected chi connectivity index (χ1v) is 6.65. The summed E-state index contributed by atoms with van der Waals surface area (Å²) in [4.78, 5) is 29.7. The van der Waals surface area contributed by atoms with Crippen LogP contribution in [0.4, 0.5) is 5.69 Å². The Hall–Kier alpha value is -2.69. The highest BCUT2D eigenvalue weighted by molar-refractivity contribution is 6.06. The highest BCUT2D eigenvalue weighted by Crippen LogP contribution is 2.28. The van der Waals surface area contributed by atoms with Crippen molar-refractivity contribution in [2.24, 2.45) is 0 Å². The molecule has 1 aromatic heterocycles. The van der Waals surface area contributed by atoms with Gasteiger partial charge in [-0.15, -0.1) is 0 Å². The quantitative estimate of drug-likeness (QED) is 0.791. The molecule has 0 spiro atoms. The van der Waals surface area contributed by atoms with Gasteiger partial charge in [0, 0.05) is 18.4 Å². The fourth-order valence-electron chi connectivity index (χ4n) is 2.45. The molecular weight excluding hydrogens is 268 g/mol. The van der Waals surface area contributed by atoms with E-state index in [-0.39, 0.29) is 5.91 Å². The highest BCUT2D eigenvalue weighted by atomic mass is 16.5. The number of pyridine rings is 1. The van der Waals surface area contributed by atoms with Crippen LogP contribution in [0.2, 0.25) is 0 Å². The third kappa shape index (κ3) is 2.38. The van der Waals surface area contributed by atoms with E-state index in [4.69, 9.17) is 0 Å². The first kappa shape index (κ1) is 13.3. The molecule has 1 aliphatic heterocycles. The van der Waals surface area contributed by atoms with E-state index in [1.54, 1.807) is 17.0 Å². The fourth-order valence-corrected chi connectivity index (χ4v) is 2.45. The van der Waals surface area contributed by atoms with Crippen molar-refractivity contribution in [1.82, 2.24) is 4.98 Å². The number of hydrogen-bond donors (Lipinski definition) is 0. The Labute approximate surface area is 122 Å². The van der Waals surface area contributed by atoms with Gasteiger partial charge in [0.15, 0.2) is 0 Å². The van der Waals surface area contributed by atoms with Crippen LogP contribution in [0.25, 0.3) is 0 Å². The Kier molecular flexibility index (Phi) is 3.39. The zero-order valence-corrected chi connectivity index (χ0v) is 11.6. The average Bonchev–Trinajstić information content (AvgIpc) is 2.97. The topological polar surface area (TPSA) is 59.5 Å². The molecule has 0 atom stereocenters. The van der Waals surface area contributed by atoms with Gasteiger partial charge < -0.3 is 9.64 Å². The van der Waals surface area contributed by atoms with E-state index < -0.39 is 5.97 Å². The first-order valence-electron chi connectivity index (χ1n) is 6.65. The monoisotopic (exact) mass is 282 g/mol. The standard InChI is InChI=1S/C16H14N2O3/c1-21-16(20)12-6-7-13(17-10-12)15(19)18-9-8-11-4-2-3-5-14(11)18/h2-7,10H,8-9H2,1H3. The number of hydrogen-bond acceptors (Lipinski definition) is 4. The third-order valence-electron chi connectivity index (χ3n) is 3.54. The van der Waals surface area contributed by atoms with E-state index in [2.05, 4.69) is 9.72 Å². The minimum absolute atomic E-state index is 0.156. The predicted molar refractivity (Wildman–Crippen MR) is 77.4 cm³/mol. The van der Waals surface area contributed by atoms with E-state index in [1.807, 2.05) is 24.3 Å². The Morgan fingerprint density at radius 3 is 2.71 bits per heavy atom. The van der Waals surface area contributed by atoms with Gasteiger partial charge in [0.25, 0.3) is 5.91 Å². The molecule has 3 rings (SSSR count). The van der Waals surface area contributed by atoms with Crippen LogP contribution in [-0.2, 0) is 11.2 Å². The summed E-state index contributed by atoms with van der Waals surface area (Å²) in [5, 5.41) is 0. The lowest BCUT2D eigenvalue weighted by molar-refractivity contribution is 0.0600. The average molecular weight is 282 g/mol. The summed E-state index contributed by atoms with van der Waals surface area (Å²) in [5.41, 5.74) is 2.74. The van der Waals surface area contributed by atoms with Crippen LogP contribution < -0.4 is 4.90 Å². The second-order valence-electron chi connectivity index (χ2n) is 4.76. The van der Waals surface area contributed by atoms with Gasteiger partial charge in [-0.2, -0.15) is 0 Å². The van der Waals surface area contributed by atoms with Gasteiger partial charge >= 0.3 is 5.97 Å². The minimum Gasteiger partial charge on any atom is -0.465 e. The molecule has 0 radical (unpaired) electrons. The van der Waals surface area contributed by atoms with Crippen molar-refractivity contribution in [2.45, 2.75) is 6.42 Å². The molecule has 1 amide bonds. The molecule has 21 heavy (non-hydrogen) atoms. The molecule has 2 heterocycles. The maximum atomic E-state index is 12.5. The molecule has 0 saturated heterocycles. The normalized spacial score (nSPS) is 12.9. The summed E-state index contributed by atoms with van der Waals surface area (Å²) in [7, 11) is 1.31. The molecule has 0 saturated carbocycles. The largest absolute Gasteiger partial charge is 0.465 e. The number of esters is 1. The molecule has 106 valence electrons. The van der Waals surface area contributed by atoms with Crippen molar-refractivity contribution in [2.75, 3.05) is 18.6 Å². The number of amides is 1. The number of fused-ring (bicyclic) bond motifs is 1. The minimum atomic E-state index is -0.465. The molecule has 0 bridgehead atoms. The SMILES string of the molecule is COC(=O)c1ccc(C(=O)N2CCc3ccccc32)nc1. The van der Waals surface area contributed by atoms with Crippen molar-refractivity contribution >= 4 is 17.6 Å². The Morgan fingerprint density at radius 2 is 2.00 bits per heavy atom. The third-order valence-corrected chi connectivity index (χ3v) is 3.54. The van der Waals surface area contributed by atoms with Crippen LogP contribution in [0, 0.1) is 0 Å². The molecule has 5 heteroatoms. The lowest BCUT2D eigenvalue weighted by atomic mass is 10.2. The number of anilines is 1. The fraction of sp³-hybridized carbons (Fsp3) is 0.188. The number of nitrogens with zero attached hydrogens (tertiary/aromatic N) is 2. The number of rotatable bonds is 2. The number of ether oxygens (including phenoxy) is 1. The second-order valence-corrected chi connectivity index (χ2v) is 4.76. The molecule has 0 unspecified atom stereocenters. The molecule has 0 aliphatic carbocycles. The van der Waals surface area contributed by atoms with Crippen molar-refractivity contribution < 1.29 is 14.3 Å². The van der Waals surface area contributed by atoms with Gasteiger partial charge in [-0.25, -0.2) is 4.79 Å². The lowest BCUT2D eigenvalue weighted by Crippen LogP contribution is -2.29. The molecule has 1 aliphatic rings. The number of methoxy groups -OCH3 is 1. The number of carbonyl (C=O) groups is 2. The Balaban J connectivity index is 1.85. The summed E-state index contributed by atoms with van der Waals surface area (Å²) >= 11 is 0. The number of aromatic nitrogens is 1. The molecule has 0 N–H and O–H groups in total. The van der Waals surface area contributed by atoms with Crippen LogP contribution in [0.3, 0.4) is 0 Å². The van der Waals surface area contributed by atoms with Crippen LogP contribution in [0.15, 0.2) is 42.6 Å². The second kappa shape index (κ2) is 5.36. The van der Waals surface area contributed by atoms with Crippen LogP contribution in [-0.4, -0.2) is 30.5 Å². The summed E-state index contributed by atoms with van der Waals surface area (Å²) in [6.45, 7) is 0.651. The van der Waals surface area contributed by atoms with E-state index in [9.17, 15) is 9.59 Å². The van der Waals surface area contributed by atoms with Crippen molar-refractivity contribution in [1.29, 1.82) is 0 Å². The van der Waals surface area contributed by atoms with Gasteiger partial charge in [0.2, 0.25) is 0 Å². The number of carbonyl (C=O) groups excluding carboxylic acids is 2. The summed E-state index contributed by atoms with van der Waals surface area (Å²) < 4.78 is 4.61. The Bertz CT molecular complexity index is 695. The van der Waals surface area contributed by atoms with Crippen molar-refractivity contribution in [3.63, 3.8) is 0 Å². The van der Waals surface area contributed by atoms with Gasteiger partial charge in [-0.3, -0.25) is 9.78 Å². The van der Waals surface area contributed by atoms with Crippen molar-refractivity contribution in [3.8, 4) is 0 Å². The van der Waals surface area contributed by atoms with E-state index >= 15 is 0 Å². The van der Waals surface area contributed by atoms with Gasteiger partial charge in [-0.05, 0) is 30.2 Å². The van der Waals surface area contributed by atoms with E-state index in [0.29, 0.717) is 17.8 Å². The smallest absolute Gasteiger partial charge is 0.339 e. The summed E-state index contributed by atoms with van der Waals surface area (Å²) in [6.07, 6.45) is 2.21. The van der Waals surface area contributed by atoms with E-state index in [1.165, 1.54) is 13.3 Å². The van der Waals surface area contributed by atoms with Crippen molar-refractivity contribution in [3.05, 3.63) is 59.4 Å². The molecule has 5 nitrogen and oxygen atoms in total. The molecule has 2 aromatic rings. The van der Waals surface area contributed by atoms with Gasteiger partial charge in [0.1, 0.15) is 5.69 Å². The molecule has 0 fully saturated rings. The lowest BCUT2D eigenvalue weighted by Gasteiger charge is -2.16. The molecular formula is C16H14N2O3. The van der Waals surface area contributed by atoms with Crippen LogP contribution in [0.5, 0.6) is 0 Å². The highest BCUT2D eigenvalue weighted by Gasteiger charge is 2.25. The summed E-state index contributed by atoms with van der Waals surface area (Å²) in [5.74, 6) is -0.621. The first-order chi connectivity index (χ1) is 10.2. The zero-order chi connectivity index (χ0) is 14.8. The molecule has 1 aromatic carbocycles. The van der Waals surface area contributed by atoms with Crippen LogP contribution in [0.1, 0.15) is 26.4 Å². The number of benzene rings is 1. The maximum absolute atomic E-state index is 12.5. The summed E-state index contributed by atoms with van der Waals surface area (Å²) in [6, 6.07) is 10.9. The van der Waals surface area contributed by atoms with Gasteiger partial charge in [-0.1, -0.05) is 18.2 Å². The predicted octanol–water partition coefficient (Wildman–Crippen LogP) is 2.07. The number of para-hydroxylation sites is 1. The maximum Gasteiger partial charge on any atom is 0.339 e.